The van der Waals surface area contributed by atoms with Crippen LogP contribution >= 0.6 is 0 Å². The molecule has 0 spiro atoms. The van der Waals surface area contributed by atoms with Gasteiger partial charge in [-0.1, -0.05) is 42.5 Å². The van der Waals surface area contributed by atoms with Gasteiger partial charge in [-0.2, -0.15) is 0 Å². The van der Waals surface area contributed by atoms with Crippen LogP contribution in [0.5, 0.6) is 5.75 Å². The van der Waals surface area contributed by atoms with Crippen molar-refractivity contribution >= 4 is 11.4 Å². The quantitative estimate of drug-likeness (QED) is 0.666. The summed E-state index contributed by atoms with van der Waals surface area (Å²) in [5, 5.41) is 11.1. The lowest BCUT2D eigenvalue weighted by Crippen LogP contribution is -2.49. The van der Waals surface area contributed by atoms with Crippen molar-refractivity contribution in [2.24, 2.45) is 0 Å². The molecule has 1 unspecified atom stereocenters. The maximum absolute atomic E-state index is 13.3. The highest BCUT2D eigenvalue weighted by molar-refractivity contribution is 5.70. The van der Waals surface area contributed by atoms with Gasteiger partial charge in [0.15, 0.2) is 0 Å². The number of likely N-dealkylation sites (tertiary alicyclic amines) is 1. The van der Waals surface area contributed by atoms with Gasteiger partial charge >= 0.3 is 0 Å². The van der Waals surface area contributed by atoms with Crippen LogP contribution < -0.4 is 9.64 Å². The van der Waals surface area contributed by atoms with Gasteiger partial charge in [0.1, 0.15) is 17.7 Å². The van der Waals surface area contributed by atoms with E-state index in [-0.39, 0.29) is 11.9 Å². The number of ether oxygens (including phenoxy) is 1. The summed E-state index contributed by atoms with van der Waals surface area (Å²) >= 11 is 0. The molecule has 5 heteroatoms. The normalized spacial score (nSPS) is 20.7. The Bertz CT molecular complexity index is 1020. The number of hydrogen-bond donors (Lipinski definition) is 1. The summed E-state index contributed by atoms with van der Waals surface area (Å²) in [5.41, 5.74) is 2.16. The lowest BCUT2D eigenvalue weighted by atomic mass is 9.84. The first kappa shape index (κ1) is 20.0. The van der Waals surface area contributed by atoms with Crippen molar-refractivity contribution in [2.45, 2.75) is 24.5 Å². The zero-order valence-electron chi connectivity index (χ0n) is 17.5. The average Bonchev–Trinajstić information content (AvgIpc) is 2.81. The Kier molecular flexibility index (Phi) is 5.38. The maximum atomic E-state index is 13.3. The molecule has 1 saturated heterocycles. The van der Waals surface area contributed by atoms with Gasteiger partial charge in [0.05, 0.1) is 17.8 Å². The van der Waals surface area contributed by atoms with E-state index in [0.29, 0.717) is 12.8 Å². The molecule has 0 aliphatic carbocycles. The van der Waals surface area contributed by atoms with E-state index in [9.17, 15) is 9.50 Å². The Hall–Kier alpha value is -2.89. The molecule has 31 heavy (non-hydrogen) atoms. The summed E-state index contributed by atoms with van der Waals surface area (Å²) < 4.78 is 19.6. The zero-order chi connectivity index (χ0) is 21.3. The minimum Gasteiger partial charge on any atom is -0.485 e. The fourth-order valence-corrected chi connectivity index (χ4v) is 4.69. The lowest BCUT2D eigenvalue weighted by molar-refractivity contribution is -0.0325. The minimum absolute atomic E-state index is 0.0344. The summed E-state index contributed by atoms with van der Waals surface area (Å²) in [6, 6.07) is 24.8. The summed E-state index contributed by atoms with van der Waals surface area (Å²) in [4.78, 5) is 4.68. The van der Waals surface area contributed by atoms with E-state index in [1.54, 1.807) is 12.1 Å². The molecular weight excluding hydrogens is 391 g/mol. The zero-order valence-corrected chi connectivity index (χ0v) is 17.5. The third-order valence-electron chi connectivity index (χ3n) is 6.43. The van der Waals surface area contributed by atoms with Crippen LogP contribution in [0.4, 0.5) is 15.8 Å². The molecule has 0 amide bonds. The van der Waals surface area contributed by atoms with Gasteiger partial charge in [0, 0.05) is 25.3 Å². The highest BCUT2D eigenvalue weighted by Gasteiger charge is 2.36. The second-order valence-corrected chi connectivity index (χ2v) is 8.49. The molecule has 0 saturated carbocycles. The summed E-state index contributed by atoms with van der Waals surface area (Å²) in [7, 11) is 0. The number of benzene rings is 3. The standard InChI is InChI=1S/C26H27FN2O2/c27-21-12-10-20(11-13-21)26(30)14-16-28(17-15-26)18-23-19-29(22-6-2-1-3-7-22)24-8-4-5-9-25(24)31-23/h1-13,23,30H,14-19H2. The van der Waals surface area contributed by atoms with E-state index in [4.69, 9.17) is 4.74 Å². The molecule has 2 aliphatic heterocycles. The van der Waals surface area contributed by atoms with E-state index in [1.165, 1.54) is 12.1 Å². The molecule has 2 heterocycles. The molecule has 0 aromatic heterocycles. The largest absolute Gasteiger partial charge is 0.485 e. The van der Waals surface area contributed by atoms with Gasteiger partial charge in [0.2, 0.25) is 0 Å². The minimum atomic E-state index is -0.889. The van der Waals surface area contributed by atoms with Crippen LogP contribution in [0.15, 0.2) is 78.9 Å². The second kappa shape index (κ2) is 8.33. The number of aliphatic hydroxyl groups is 1. The Morgan fingerprint density at radius 1 is 0.903 bits per heavy atom. The van der Waals surface area contributed by atoms with Crippen molar-refractivity contribution in [3.63, 3.8) is 0 Å². The van der Waals surface area contributed by atoms with Gasteiger partial charge < -0.3 is 14.7 Å². The summed E-state index contributed by atoms with van der Waals surface area (Å²) in [6.45, 7) is 3.14. The molecule has 2 aliphatic rings. The van der Waals surface area contributed by atoms with Crippen LogP contribution in [-0.2, 0) is 5.60 Å². The monoisotopic (exact) mass is 418 g/mol. The van der Waals surface area contributed by atoms with E-state index in [1.807, 2.05) is 24.3 Å². The lowest BCUT2D eigenvalue weighted by Gasteiger charge is -2.42. The van der Waals surface area contributed by atoms with E-state index >= 15 is 0 Å². The fraction of sp³-hybridized carbons (Fsp3) is 0.308. The molecular formula is C26H27FN2O2. The van der Waals surface area contributed by atoms with Crippen molar-refractivity contribution in [1.82, 2.24) is 4.90 Å². The van der Waals surface area contributed by atoms with Crippen LogP contribution in [0, 0.1) is 5.82 Å². The molecule has 3 aromatic carbocycles. The molecule has 1 fully saturated rings. The van der Waals surface area contributed by atoms with Gasteiger partial charge in [-0.3, -0.25) is 4.90 Å². The topological polar surface area (TPSA) is 35.9 Å². The molecule has 0 radical (unpaired) electrons. The molecule has 0 bridgehead atoms. The predicted molar refractivity (Wildman–Crippen MR) is 120 cm³/mol. The molecule has 5 rings (SSSR count). The summed E-state index contributed by atoms with van der Waals surface area (Å²) in [5.74, 6) is 0.630. The van der Waals surface area contributed by atoms with Gasteiger partial charge in [-0.05, 0) is 54.8 Å². The van der Waals surface area contributed by atoms with Crippen molar-refractivity contribution in [1.29, 1.82) is 0 Å². The number of rotatable bonds is 4. The third kappa shape index (κ3) is 4.16. The van der Waals surface area contributed by atoms with Gasteiger partial charge in [-0.25, -0.2) is 4.39 Å². The van der Waals surface area contributed by atoms with E-state index < -0.39 is 5.60 Å². The number of hydrogen-bond acceptors (Lipinski definition) is 4. The number of piperidine rings is 1. The predicted octanol–water partition coefficient (Wildman–Crippen LogP) is 4.71. The van der Waals surface area contributed by atoms with Crippen LogP contribution in [0.2, 0.25) is 0 Å². The average molecular weight is 419 g/mol. The van der Waals surface area contributed by atoms with Crippen molar-refractivity contribution < 1.29 is 14.2 Å². The smallest absolute Gasteiger partial charge is 0.143 e. The molecule has 4 nitrogen and oxygen atoms in total. The molecule has 1 N–H and O–H groups in total. The number of nitrogens with zero attached hydrogens (tertiary/aromatic N) is 2. The highest BCUT2D eigenvalue weighted by atomic mass is 19.1. The maximum Gasteiger partial charge on any atom is 0.143 e. The fourth-order valence-electron chi connectivity index (χ4n) is 4.69. The Morgan fingerprint density at radius 3 is 2.32 bits per heavy atom. The van der Waals surface area contributed by atoms with Crippen LogP contribution in [-0.4, -0.2) is 42.3 Å². The van der Waals surface area contributed by atoms with Gasteiger partial charge in [0.25, 0.3) is 0 Å². The van der Waals surface area contributed by atoms with Gasteiger partial charge in [-0.15, -0.1) is 0 Å². The molecule has 160 valence electrons. The first-order chi connectivity index (χ1) is 15.1. The van der Waals surface area contributed by atoms with Crippen LogP contribution in [0.25, 0.3) is 0 Å². The van der Waals surface area contributed by atoms with Crippen molar-refractivity contribution in [2.75, 3.05) is 31.1 Å². The molecule has 3 aromatic rings. The molecule has 1 atom stereocenters. The van der Waals surface area contributed by atoms with E-state index in [0.717, 1.165) is 48.9 Å². The number of anilines is 2. The van der Waals surface area contributed by atoms with Crippen LogP contribution in [0.3, 0.4) is 0 Å². The summed E-state index contributed by atoms with van der Waals surface area (Å²) in [6.07, 6.45) is 1.29. The Balaban J connectivity index is 1.27. The van der Waals surface area contributed by atoms with Crippen molar-refractivity contribution in [3.8, 4) is 5.75 Å². The SMILES string of the molecule is OC1(c2ccc(F)cc2)CCN(CC2CN(c3ccccc3)c3ccccc3O2)CC1. The number of para-hydroxylation sites is 3. The Labute approximate surface area is 182 Å². The number of halogens is 1. The highest BCUT2D eigenvalue weighted by Crippen LogP contribution is 2.38. The Morgan fingerprint density at radius 2 is 1.58 bits per heavy atom. The van der Waals surface area contributed by atoms with Crippen LogP contribution in [0.1, 0.15) is 18.4 Å². The third-order valence-corrected chi connectivity index (χ3v) is 6.43. The first-order valence-corrected chi connectivity index (χ1v) is 10.9. The van der Waals surface area contributed by atoms with E-state index in [2.05, 4.69) is 40.1 Å². The first-order valence-electron chi connectivity index (χ1n) is 10.9. The van der Waals surface area contributed by atoms with Crippen molar-refractivity contribution in [3.05, 3.63) is 90.2 Å². The number of fused-ring (bicyclic) bond motifs is 1. The second-order valence-electron chi connectivity index (χ2n) is 8.49.